The molecule has 80 valence electrons. The second kappa shape index (κ2) is 4.64. The lowest BCUT2D eigenvalue weighted by Gasteiger charge is -2.07. The highest BCUT2D eigenvalue weighted by Gasteiger charge is 2.14. The van der Waals surface area contributed by atoms with Gasteiger partial charge in [-0.05, 0) is 12.1 Å². The second-order valence-corrected chi connectivity index (χ2v) is 2.58. The lowest BCUT2D eigenvalue weighted by atomic mass is 10.2. The fraction of sp³-hybridized carbons (Fsp3) is 0.222. The molecule has 0 saturated heterocycles. The molecule has 1 aromatic rings. The molecule has 0 saturated carbocycles. The number of nitriles is 1. The first-order valence-corrected chi connectivity index (χ1v) is 3.84. The third kappa shape index (κ3) is 2.84. The third-order valence-electron chi connectivity index (χ3n) is 1.48. The summed E-state index contributed by atoms with van der Waals surface area (Å²) < 4.78 is 53.6. The molecular weight excluding hydrogens is 214 g/mol. The third-order valence-corrected chi connectivity index (χ3v) is 1.48. The number of hydrogen-bond donors (Lipinski definition) is 0. The van der Waals surface area contributed by atoms with Gasteiger partial charge in [0.05, 0.1) is 11.6 Å². The molecule has 0 aliphatic carbocycles. The number of nitrogens with zero attached hydrogens (tertiary/aromatic N) is 1. The van der Waals surface area contributed by atoms with Gasteiger partial charge in [-0.25, -0.2) is 17.6 Å². The van der Waals surface area contributed by atoms with Crippen molar-refractivity contribution in [2.45, 2.75) is 6.43 Å². The van der Waals surface area contributed by atoms with Crippen molar-refractivity contribution < 1.29 is 22.3 Å². The second-order valence-electron chi connectivity index (χ2n) is 2.58. The van der Waals surface area contributed by atoms with Crippen LogP contribution in [0.3, 0.4) is 0 Å². The Balaban J connectivity index is 2.94. The predicted molar refractivity (Wildman–Crippen MR) is 42.6 cm³/mol. The van der Waals surface area contributed by atoms with Crippen molar-refractivity contribution in [1.82, 2.24) is 0 Å². The molecule has 0 radical (unpaired) electrons. The van der Waals surface area contributed by atoms with Crippen LogP contribution in [0.5, 0.6) is 5.75 Å². The van der Waals surface area contributed by atoms with Crippen LogP contribution in [0.1, 0.15) is 5.56 Å². The fourth-order valence-electron chi connectivity index (χ4n) is 0.909. The number of halogens is 4. The van der Waals surface area contributed by atoms with Gasteiger partial charge in [-0.3, -0.25) is 0 Å². The zero-order valence-electron chi connectivity index (χ0n) is 7.31. The van der Waals surface area contributed by atoms with Crippen molar-refractivity contribution in [3.05, 3.63) is 29.3 Å². The summed E-state index contributed by atoms with van der Waals surface area (Å²) >= 11 is 0. The lowest BCUT2D eigenvalue weighted by molar-refractivity contribution is 0.0777. The van der Waals surface area contributed by atoms with Crippen LogP contribution in [0.25, 0.3) is 0 Å². The van der Waals surface area contributed by atoms with Crippen LogP contribution in [0.15, 0.2) is 12.1 Å². The molecule has 15 heavy (non-hydrogen) atoms. The monoisotopic (exact) mass is 219 g/mol. The van der Waals surface area contributed by atoms with E-state index in [1.165, 1.54) is 6.07 Å². The molecule has 0 aliphatic heterocycles. The van der Waals surface area contributed by atoms with Crippen LogP contribution < -0.4 is 4.74 Å². The summed E-state index contributed by atoms with van der Waals surface area (Å²) in [4.78, 5) is 0. The largest absolute Gasteiger partial charge is 0.482 e. The van der Waals surface area contributed by atoms with Gasteiger partial charge in [0.1, 0.15) is 6.61 Å². The summed E-state index contributed by atoms with van der Waals surface area (Å²) in [6.07, 6.45) is -2.82. The molecule has 0 unspecified atom stereocenters. The topological polar surface area (TPSA) is 33.0 Å². The standard InChI is InChI=1S/C9H5F4NO/c10-6-1-5(3-14)2-7(11)9(6)15-4-8(12)13/h1-2,8H,4H2. The predicted octanol–water partition coefficient (Wildman–Crippen LogP) is 2.48. The molecule has 0 fully saturated rings. The summed E-state index contributed by atoms with van der Waals surface area (Å²) in [5, 5.41) is 8.35. The maximum atomic E-state index is 13.0. The van der Waals surface area contributed by atoms with E-state index in [0.29, 0.717) is 12.1 Å². The van der Waals surface area contributed by atoms with E-state index in [9.17, 15) is 17.6 Å². The van der Waals surface area contributed by atoms with Crippen molar-refractivity contribution in [2.24, 2.45) is 0 Å². The lowest BCUT2D eigenvalue weighted by Crippen LogP contribution is -2.09. The van der Waals surface area contributed by atoms with Crippen molar-refractivity contribution in [3.63, 3.8) is 0 Å². The number of ether oxygens (including phenoxy) is 1. The average Bonchev–Trinajstić information content (AvgIpc) is 2.15. The Labute approximate surface area is 82.7 Å². The van der Waals surface area contributed by atoms with Crippen molar-refractivity contribution in [1.29, 1.82) is 5.26 Å². The van der Waals surface area contributed by atoms with Gasteiger partial charge in [-0.1, -0.05) is 0 Å². The molecule has 6 heteroatoms. The number of benzene rings is 1. The Morgan fingerprint density at radius 3 is 2.20 bits per heavy atom. The van der Waals surface area contributed by atoms with Gasteiger partial charge in [-0.2, -0.15) is 5.26 Å². The molecule has 0 aromatic heterocycles. The number of alkyl halides is 2. The molecule has 1 rings (SSSR count). The highest BCUT2D eigenvalue weighted by Crippen LogP contribution is 2.23. The van der Waals surface area contributed by atoms with Crippen LogP contribution in [0.2, 0.25) is 0 Å². The fourth-order valence-corrected chi connectivity index (χ4v) is 0.909. The molecule has 0 heterocycles. The van der Waals surface area contributed by atoms with Gasteiger partial charge < -0.3 is 4.74 Å². The van der Waals surface area contributed by atoms with Gasteiger partial charge >= 0.3 is 0 Å². The van der Waals surface area contributed by atoms with Crippen LogP contribution >= 0.6 is 0 Å². The number of hydrogen-bond acceptors (Lipinski definition) is 2. The molecule has 0 N–H and O–H groups in total. The first-order valence-electron chi connectivity index (χ1n) is 3.84. The highest BCUT2D eigenvalue weighted by atomic mass is 19.3. The van der Waals surface area contributed by atoms with Crippen molar-refractivity contribution in [2.75, 3.05) is 6.61 Å². The van der Waals surface area contributed by atoms with E-state index >= 15 is 0 Å². The van der Waals surface area contributed by atoms with Gasteiger partial charge in [0, 0.05) is 0 Å². The quantitative estimate of drug-likeness (QED) is 0.731. The maximum absolute atomic E-state index is 13.0. The maximum Gasteiger partial charge on any atom is 0.272 e. The summed E-state index contributed by atoms with van der Waals surface area (Å²) in [6.45, 7) is -1.10. The Bertz CT molecular complexity index is 377. The van der Waals surface area contributed by atoms with E-state index < -0.39 is 30.4 Å². The SMILES string of the molecule is N#Cc1cc(F)c(OCC(F)F)c(F)c1. The van der Waals surface area contributed by atoms with E-state index in [-0.39, 0.29) is 5.56 Å². The molecule has 0 spiro atoms. The Hall–Kier alpha value is -1.77. The van der Waals surface area contributed by atoms with E-state index in [0.717, 1.165) is 0 Å². The first-order chi connectivity index (χ1) is 7.04. The normalized spacial score (nSPS) is 10.1. The Morgan fingerprint density at radius 2 is 1.80 bits per heavy atom. The average molecular weight is 219 g/mol. The first kappa shape index (κ1) is 11.3. The summed E-state index contributed by atoms with van der Waals surface area (Å²) in [6, 6.07) is 2.94. The smallest absolute Gasteiger partial charge is 0.272 e. The zero-order valence-corrected chi connectivity index (χ0v) is 7.31. The Kier molecular flexibility index (Phi) is 3.50. The van der Waals surface area contributed by atoms with E-state index in [4.69, 9.17) is 5.26 Å². The van der Waals surface area contributed by atoms with E-state index in [1.807, 2.05) is 0 Å². The van der Waals surface area contributed by atoms with Crippen LogP contribution in [-0.2, 0) is 0 Å². The highest BCUT2D eigenvalue weighted by molar-refractivity contribution is 5.37. The molecular formula is C9H5F4NO. The molecule has 2 nitrogen and oxygen atoms in total. The van der Waals surface area contributed by atoms with E-state index in [1.54, 1.807) is 0 Å². The molecule has 0 amide bonds. The van der Waals surface area contributed by atoms with Gasteiger partial charge in [-0.15, -0.1) is 0 Å². The van der Waals surface area contributed by atoms with Crippen molar-refractivity contribution in [3.8, 4) is 11.8 Å². The summed E-state index contributed by atoms with van der Waals surface area (Å²) in [7, 11) is 0. The Morgan fingerprint density at radius 1 is 1.27 bits per heavy atom. The van der Waals surface area contributed by atoms with Crippen LogP contribution in [0, 0.1) is 23.0 Å². The minimum Gasteiger partial charge on any atom is -0.482 e. The molecule has 0 aliphatic rings. The molecule has 0 atom stereocenters. The minimum atomic E-state index is -2.82. The molecule has 0 bridgehead atoms. The van der Waals surface area contributed by atoms with E-state index in [2.05, 4.69) is 4.74 Å². The summed E-state index contributed by atoms with van der Waals surface area (Å²) in [5.74, 6) is -3.24. The van der Waals surface area contributed by atoms with Crippen LogP contribution in [-0.4, -0.2) is 13.0 Å². The minimum absolute atomic E-state index is 0.241. The summed E-state index contributed by atoms with van der Waals surface area (Å²) in [5.41, 5.74) is -0.241. The van der Waals surface area contributed by atoms with Crippen LogP contribution in [0.4, 0.5) is 17.6 Å². The number of rotatable bonds is 3. The van der Waals surface area contributed by atoms with Gasteiger partial charge in [0.15, 0.2) is 17.4 Å². The van der Waals surface area contributed by atoms with Gasteiger partial charge in [0.25, 0.3) is 6.43 Å². The van der Waals surface area contributed by atoms with Gasteiger partial charge in [0.2, 0.25) is 0 Å². The molecule has 1 aromatic carbocycles. The van der Waals surface area contributed by atoms with Crippen molar-refractivity contribution >= 4 is 0 Å². The zero-order chi connectivity index (χ0) is 11.4.